The van der Waals surface area contributed by atoms with Crippen LogP contribution in [-0.4, -0.2) is 44.5 Å². The van der Waals surface area contributed by atoms with Gasteiger partial charge in [0.1, 0.15) is 11.3 Å². The molecule has 1 saturated heterocycles. The van der Waals surface area contributed by atoms with Gasteiger partial charge >= 0.3 is 6.09 Å². The molecule has 128 valence electrons. The first-order valence-electron chi connectivity index (χ1n) is 7.89. The van der Waals surface area contributed by atoms with Gasteiger partial charge in [0.2, 0.25) is 0 Å². The summed E-state index contributed by atoms with van der Waals surface area (Å²) in [5.74, 6) is 0.512. The Balaban J connectivity index is 1.82. The van der Waals surface area contributed by atoms with Gasteiger partial charge in [-0.1, -0.05) is 11.2 Å². The van der Waals surface area contributed by atoms with Crippen LogP contribution < -0.4 is 0 Å². The minimum Gasteiger partial charge on any atom is -0.444 e. The minimum atomic E-state index is -0.620. The van der Waals surface area contributed by atoms with Gasteiger partial charge in [0.25, 0.3) is 0 Å². The number of aliphatic hydroxyl groups excluding tert-OH is 1. The number of β-amino-alcohol motifs (C(OH)–C–C–N with tert-alkyl or cyclic N) is 1. The zero-order chi connectivity index (χ0) is 17.3. The van der Waals surface area contributed by atoms with Gasteiger partial charge in [0.15, 0.2) is 5.76 Å². The van der Waals surface area contributed by atoms with Crippen LogP contribution in [0.3, 0.4) is 0 Å². The van der Waals surface area contributed by atoms with Crippen molar-refractivity contribution < 1.29 is 19.2 Å². The second-order valence-corrected chi connectivity index (χ2v) is 6.87. The summed E-state index contributed by atoms with van der Waals surface area (Å²) in [6, 6.07) is 6.87. The highest BCUT2D eigenvalue weighted by Gasteiger charge is 2.39. The molecule has 2 aromatic rings. The van der Waals surface area contributed by atoms with Crippen LogP contribution in [0.1, 0.15) is 39.0 Å². The summed E-state index contributed by atoms with van der Waals surface area (Å²) in [4.78, 5) is 18.1. The molecule has 2 aromatic heterocycles. The summed E-state index contributed by atoms with van der Waals surface area (Å²) in [6.45, 7) is 5.62. The molecule has 3 heterocycles. The van der Waals surface area contributed by atoms with E-state index in [1.54, 1.807) is 33.0 Å². The number of rotatable bonds is 2. The maximum absolute atomic E-state index is 12.4. The van der Waals surface area contributed by atoms with Gasteiger partial charge in [-0.15, -0.1) is 0 Å². The van der Waals surface area contributed by atoms with Crippen molar-refractivity contribution in [2.75, 3.05) is 6.54 Å². The van der Waals surface area contributed by atoms with Crippen molar-refractivity contribution in [2.24, 2.45) is 0 Å². The summed E-state index contributed by atoms with van der Waals surface area (Å²) in [5.41, 5.74) is 0.682. The highest BCUT2D eigenvalue weighted by atomic mass is 16.6. The van der Waals surface area contributed by atoms with Crippen molar-refractivity contribution in [3.8, 4) is 11.4 Å². The summed E-state index contributed by atoms with van der Waals surface area (Å²) < 4.78 is 10.8. The van der Waals surface area contributed by atoms with Crippen molar-refractivity contribution >= 4 is 6.09 Å². The maximum Gasteiger partial charge on any atom is 0.411 e. The van der Waals surface area contributed by atoms with E-state index in [2.05, 4.69) is 10.1 Å². The number of likely N-dealkylation sites (tertiary alicyclic amines) is 1. The maximum atomic E-state index is 12.4. The molecular weight excluding hydrogens is 310 g/mol. The lowest BCUT2D eigenvalue weighted by Crippen LogP contribution is -2.37. The predicted molar refractivity (Wildman–Crippen MR) is 86.0 cm³/mol. The minimum absolute atomic E-state index is 0.208. The number of amides is 1. The van der Waals surface area contributed by atoms with E-state index in [9.17, 15) is 9.90 Å². The lowest BCUT2D eigenvalue weighted by atomic mass is 10.1. The lowest BCUT2D eigenvalue weighted by Gasteiger charge is -2.27. The first kappa shape index (κ1) is 16.4. The molecule has 2 atom stereocenters. The van der Waals surface area contributed by atoms with E-state index < -0.39 is 23.8 Å². The Hall–Kier alpha value is -2.41. The zero-order valence-corrected chi connectivity index (χ0v) is 14.0. The molecule has 0 spiro atoms. The largest absolute Gasteiger partial charge is 0.444 e. The van der Waals surface area contributed by atoms with Crippen molar-refractivity contribution in [3.63, 3.8) is 0 Å². The predicted octanol–water partition coefficient (Wildman–Crippen LogP) is 2.78. The standard InChI is InChI=1S/C17H21N3O4/c1-17(2,3)23-16(22)20-10-11(21)8-14(20)15-9-13(19-24-15)12-6-4-5-7-18-12/h4-7,9,11,14,21H,8,10H2,1-3H3/t11?,14-/m1/s1. The fraction of sp³-hybridized carbons (Fsp3) is 0.471. The molecule has 7 heteroatoms. The van der Waals surface area contributed by atoms with E-state index >= 15 is 0 Å². The Morgan fingerprint density at radius 2 is 2.17 bits per heavy atom. The summed E-state index contributed by atoms with van der Waals surface area (Å²) in [6.07, 6.45) is 0.970. The van der Waals surface area contributed by atoms with E-state index in [-0.39, 0.29) is 6.54 Å². The fourth-order valence-electron chi connectivity index (χ4n) is 2.69. The van der Waals surface area contributed by atoms with Crippen LogP contribution in [0.15, 0.2) is 35.0 Å². The number of hydrogen-bond acceptors (Lipinski definition) is 6. The second kappa shape index (κ2) is 6.24. The number of aliphatic hydroxyl groups is 1. The number of carbonyl (C=O) groups is 1. The Bertz CT molecular complexity index is 708. The van der Waals surface area contributed by atoms with Crippen LogP contribution in [0.4, 0.5) is 4.79 Å². The average Bonchev–Trinajstić information content (AvgIpc) is 3.12. The normalized spacial score (nSPS) is 21.1. The van der Waals surface area contributed by atoms with Crippen molar-refractivity contribution in [3.05, 3.63) is 36.2 Å². The molecule has 0 radical (unpaired) electrons. The van der Waals surface area contributed by atoms with Crippen LogP contribution in [0.2, 0.25) is 0 Å². The highest BCUT2D eigenvalue weighted by Crippen LogP contribution is 2.34. The monoisotopic (exact) mass is 331 g/mol. The van der Waals surface area contributed by atoms with Crippen molar-refractivity contribution in [2.45, 2.75) is 44.9 Å². The molecule has 0 aliphatic carbocycles. The molecule has 0 aromatic carbocycles. The Kier molecular flexibility index (Phi) is 4.28. The van der Waals surface area contributed by atoms with Crippen LogP contribution in [0, 0.1) is 0 Å². The van der Waals surface area contributed by atoms with Gasteiger partial charge in [-0.05, 0) is 32.9 Å². The molecule has 24 heavy (non-hydrogen) atoms. The van der Waals surface area contributed by atoms with E-state index in [4.69, 9.17) is 9.26 Å². The summed E-state index contributed by atoms with van der Waals surface area (Å²) in [7, 11) is 0. The number of pyridine rings is 1. The van der Waals surface area contributed by atoms with Crippen LogP contribution in [0.25, 0.3) is 11.4 Å². The molecule has 3 rings (SSSR count). The molecule has 0 bridgehead atoms. The van der Waals surface area contributed by atoms with Gasteiger partial charge in [-0.3, -0.25) is 9.88 Å². The third-order valence-corrected chi connectivity index (χ3v) is 3.69. The molecule has 1 amide bonds. The second-order valence-electron chi connectivity index (χ2n) is 6.87. The Morgan fingerprint density at radius 1 is 1.38 bits per heavy atom. The van der Waals surface area contributed by atoms with Crippen LogP contribution in [-0.2, 0) is 4.74 Å². The number of hydrogen-bond donors (Lipinski definition) is 1. The quantitative estimate of drug-likeness (QED) is 0.910. The number of carbonyl (C=O) groups excluding carboxylic acids is 1. The van der Waals surface area contributed by atoms with Gasteiger partial charge in [-0.25, -0.2) is 4.79 Å². The zero-order valence-electron chi connectivity index (χ0n) is 14.0. The number of aromatic nitrogens is 2. The molecule has 1 fully saturated rings. The third kappa shape index (κ3) is 3.56. The summed E-state index contributed by atoms with van der Waals surface area (Å²) >= 11 is 0. The third-order valence-electron chi connectivity index (χ3n) is 3.69. The van der Waals surface area contributed by atoms with Crippen molar-refractivity contribution in [1.82, 2.24) is 15.0 Å². The van der Waals surface area contributed by atoms with Gasteiger partial charge in [0, 0.05) is 18.7 Å². The number of ether oxygens (including phenoxy) is 1. The molecule has 1 aliphatic heterocycles. The SMILES string of the molecule is CC(C)(C)OC(=O)N1CC(O)C[C@@H]1c1cc(-c2ccccn2)no1. The molecule has 1 N–H and O–H groups in total. The van der Waals surface area contributed by atoms with E-state index in [1.807, 2.05) is 18.2 Å². The van der Waals surface area contributed by atoms with Gasteiger partial charge < -0.3 is 14.4 Å². The topological polar surface area (TPSA) is 88.7 Å². The highest BCUT2D eigenvalue weighted by molar-refractivity contribution is 5.69. The molecule has 0 saturated carbocycles. The average molecular weight is 331 g/mol. The molecule has 1 aliphatic rings. The van der Waals surface area contributed by atoms with Gasteiger partial charge in [0.05, 0.1) is 24.4 Å². The first-order chi connectivity index (χ1) is 11.3. The smallest absolute Gasteiger partial charge is 0.411 e. The van der Waals surface area contributed by atoms with Crippen LogP contribution >= 0.6 is 0 Å². The fourth-order valence-corrected chi connectivity index (χ4v) is 2.69. The molecular formula is C17H21N3O4. The van der Waals surface area contributed by atoms with E-state index in [0.29, 0.717) is 23.6 Å². The van der Waals surface area contributed by atoms with Gasteiger partial charge in [-0.2, -0.15) is 0 Å². The Morgan fingerprint density at radius 3 is 2.83 bits per heavy atom. The van der Waals surface area contributed by atoms with Crippen molar-refractivity contribution in [1.29, 1.82) is 0 Å². The summed E-state index contributed by atoms with van der Waals surface area (Å²) in [5, 5.41) is 14.0. The lowest BCUT2D eigenvalue weighted by molar-refractivity contribution is 0.0188. The van der Waals surface area contributed by atoms with Crippen LogP contribution in [0.5, 0.6) is 0 Å². The number of nitrogens with zero attached hydrogens (tertiary/aromatic N) is 3. The Labute approximate surface area is 140 Å². The molecule has 1 unspecified atom stereocenters. The van der Waals surface area contributed by atoms with E-state index in [0.717, 1.165) is 0 Å². The molecule has 7 nitrogen and oxygen atoms in total. The van der Waals surface area contributed by atoms with E-state index in [1.165, 1.54) is 4.90 Å². The first-order valence-corrected chi connectivity index (χ1v) is 7.89.